The number of anilines is 2. The van der Waals surface area contributed by atoms with Crippen LogP contribution >= 0.6 is 0 Å². The van der Waals surface area contributed by atoms with Crippen LogP contribution < -0.4 is 15.5 Å². The van der Waals surface area contributed by atoms with Gasteiger partial charge in [-0.2, -0.15) is 5.26 Å². The van der Waals surface area contributed by atoms with Crippen LogP contribution in [0.1, 0.15) is 15.9 Å². The Hall–Kier alpha value is -3.33. The number of carbonyl (C=O) groups excluding carboxylic acids is 2. The molecular formula is C17H14N4O2. The van der Waals surface area contributed by atoms with Gasteiger partial charge in [0.05, 0.1) is 11.6 Å². The molecule has 1 heterocycles. The largest absolute Gasteiger partial charge is 0.336 e. The van der Waals surface area contributed by atoms with Crippen molar-refractivity contribution in [1.82, 2.24) is 5.32 Å². The molecule has 0 spiro atoms. The average Bonchev–Trinajstić information content (AvgIpc) is 3.02. The number of amides is 3. The Bertz CT molecular complexity index is 776. The molecule has 0 radical (unpaired) electrons. The molecule has 1 fully saturated rings. The molecule has 0 aliphatic carbocycles. The van der Waals surface area contributed by atoms with Crippen molar-refractivity contribution < 1.29 is 9.59 Å². The van der Waals surface area contributed by atoms with E-state index >= 15 is 0 Å². The number of hydrogen-bond acceptors (Lipinski definition) is 3. The molecule has 0 saturated carbocycles. The van der Waals surface area contributed by atoms with E-state index in [9.17, 15) is 9.59 Å². The molecule has 114 valence electrons. The van der Waals surface area contributed by atoms with Gasteiger partial charge in [-0.25, -0.2) is 4.79 Å². The number of nitrogens with zero attached hydrogens (tertiary/aromatic N) is 2. The quantitative estimate of drug-likeness (QED) is 0.912. The van der Waals surface area contributed by atoms with Crippen LogP contribution in [-0.4, -0.2) is 25.0 Å². The predicted molar refractivity (Wildman–Crippen MR) is 86.3 cm³/mol. The average molecular weight is 306 g/mol. The van der Waals surface area contributed by atoms with E-state index in [4.69, 9.17) is 5.26 Å². The summed E-state index contributed by atoms with van der Waals surface area (Å²) in [5.74, 6) is -0.243. The van der Waals surface area contributed by atoms with Gasteiger partial charge in [-0.3, -0.25) is 9.69 Å². The summed E-state index contributed by atoms with van der Waals surface area (Å²) in [6.45, 7) is 1.25. The number of nitriles is 1. The van der Waals surface area contributed by atoms with Gasteiger partial charge in [-0.1, -0.05) is 0 Å². The summed E-state index contributed by atoms with van der Waals surface area (Å²) in [4.78, 5) is 25.4. The van der Waals surface area contributed by atoms with Crippen LogP contribution in [0.15, 0.2) is 48.5 Å². The highest BCUT2D eigenvalue weighted by Gasteiger charge is 2.21. The van der Waals surface area contributed by atoms with Crippen LogP contribution in [0.4, 0.5) is 16.2 Å². The first-order chi connectivity index (χ1) is 11.2. The number of urea groups is 1. The first-order valence-electron chi connectivity index (χ1n) is 7.14. The van der Waals surface area contributed by atoms with E-state index in [1.165, 1.54) is 0 Å². The second kappa shape index (κ2) is 6.20. The molecule has 1 aliphatic rings. The van der Waals surface area contributed by atoms with Crippen LogP contribution in [0.2, 0.25) is 0 Å². The molecule has 0 unspecified atom stereocenters. The first-order valence-corrected chi connectivity index (χ1v) is 7.14. The fourth-order valence-electron chi connectivity index (χ4n) is 2.34. The smallest absolute Gasteiger partial charge is 0.321 e. The second-order valence-corrected chi connectivity index (χ2v) is 5.07. The lowest BCUT2D eigenvalue weighted by molar-refractivity contribution is 0.102. The third kappa shape index (κ3) is 3.14. The summed E-state index contributed by atoms with van der Waals surface area (Å²) in [6.07, 6.45) is 0. The van der Waals surface area contributed by atoms with E-state index in [1.54, 1.807) is 53.4 Å². The van der Waals surface area contributed by atoms with Crippen LogP contribution in [-0.2, 0) is 0 Å². The van der Waals surface area contributed by atoms with Crippen molar-refractivity contribution in [3.05, 3.63) is 59.7 Å². The highest BCUT2D eigenvalue weighted by molar-refractivity contribution is 6.04. The summed E-state index contributed by atoms with van der Waals surface area (Å²) in [5.41, 5.74) is 2.42. The zero-order valence-corrected chi connectivity index (χ0v) is 12.2. The van der Waals surface area contributed by atoms with Gasteiger partial charge in [-0.05, 0) is 48.5 Å². The van der Waals surface area contributed by atoms with E-state index < -0.39 is 0 Å². The minimum Gasteiger partial charge on any atom is -0.336 e. The van der Waals surface area contributed by atoms with Gasteiger partial charge in [0.25, 0.3) is 5.91 Å². The lowest BCUT2D eigenvalue weighted by atomic mass is 10.1. The van der Waals surface area contributed by atoms with Crippen LogP contribution in [0.25, 0.3) is 0 Å². The molecule has 0 aromatic heterocycles. The Labute approximate surface area is 133 Å². The molecule has 2 aromatic carbocycles. The third-order valence-corrected chi connectivity index (χ3v) is 3.57. The molecule has 23 heavy (non-hydrogen) atoms. The fraction of sp³-hybridized carbons (Fsp3) is 0.118. The van der Waals surface area contributed by atoms with E-state index in [-0.39, 0.29) is 11.9 Å². The summed E-state index contributed by atoms with van der Waals surface area (Å²) in [6, 6.07) is 15.4. The number of hydrogen-bond donors (Lipinski definition) is 2. The lowest BCUT2D eigenvalue weighted by Gasteiger charge is -2.14. The van der Waals surface area contributed by atoms with Crippen LogP contribution in [0.3, 0.4) is 0 Å². The number of carbonyl (C=O) groups is 2. The first kappa shape index (κ1) is 14.6. The van der Waals surface area contributed by atoms with Crippen molar-refractivity contribution in [3.8, 4) is 6.07 Å². The Kier molecular flexibility index (Phi) is 3.93. The van der Waals surface area contributed by atoms with Crippen molar-refractivity contribution in [2.75, 3.05) is 23.3 Å². The Morgan fingerprint density at radius 3 is 2.39 bits per heavy atom. The monoisotopic (exact) mass is 306 g/mol. The van der Waals surface area contributed by atoms with Crippen molar-refractivity contribution in [2.45, 2.75) is 0 Å². The van der Waals surface area contributed by atoms with Gasteiger partial charge in [0.15, 0.2) is 0 Å². The number of benzene rings is 2. The fourth-order valence-corrected chi connectivity index (χ4v) is 2.34. The normalized spacial score (nSPS) is 13.3. The molecule has 0 bridgehead atoms. The highest BCUT2D eigenvalue weighted by Crippen LogP contribution is 2.18. The maximum absolute atomic E-state index is 12.2. The summed E-state index contributed by atoms with van der Waals surface area (Å²) in [5, 5.41) is 14.3. The van der Waals surface area contributed by atoms with E-state index in [2.05, 4.69) is 10.6 Å². The van der Waals surface area contributed by atoms with Gasteiger partial charge >= 0.3 is 6.03 Å². The minimum atomic E-state index is -0.243. The lowest BCUT2D eigenvalue weighted by Crippen LogP contribution is -2.27. The van der Waals surface area contributed by atoms with Crippen molar-refractivity contribution in [3.63, 3.8) is 0 Å². The number of rotatable bonds is 3. The molecule has 6 nitrogen and oxygen atoms in total. The molecule has 3 rings (SSSR count). The zero-order valence-electron chi connectivity index (χ0n) is 12.2. The predicted octanol–water partition coefficient (Wildman–Crippen LogP) is 2.34. The van der Waals surface area contributed by atoms with Crippen LogP contribution in [0, 0.1) is 11.3 Å². The molecule has 2 N–H and O–H groups in total. The van der Waals surface area contributed by atoms with Crippen LogP contribution in [0.5, 0.6) is 0 Å². The third-order valence-electron chi connectivity index (χ3n) is 3.57. The van der Waals surface area contributed by atoms with Crippen molar-refractivity contribution in [2.24, 2.45) is 0 Å². The SMILES string of the molecule is N#Cc1ccc(NC(=O)c2ccc(N3CCNC3=O)cc2)cc1. The molecule has 6 heteroatoms. The van der Waals surface area contributed by atoms with Gasteiger partial charge < -0.3 is 10.6 Å². The molecule has 1 saturated heterocycles. The Balaban J connectivity index is 1.70. The standard InChI is InChI=1S/C17H14N4O2/c18-11-12-1-5-14(6-2-12)20-16(22)13-3-7-15(8-4-13)21-10-9-19-17(21)23/h1-8H,9-10H2,(H,19,23)(H,20,22). The van der Waals surface area contributed by atoms with Gasteiger partial charge in [0, 0.05) is 30.0 Å². The second-order valence-electron chi connectivity index (χ2n) is 5.07. The zero-order chi connectivity index (χ0) is 16.2. The van der Waals surface area contributed by atoms with Gasteiger partial charge in [-0.15, -0.1) is 0 Å². The molecule has 0 atom stereocenters. The Morgan fingerprint density at radius 1 is 1.13 bits per heavy atom. The molecule has 1 aliphatic heterocycles. The maximum Gasteiger partial charge on any atom is 0.321 e. The van der Waals surface area contributed by atoms with Crippen molar-refractivity contribution >= 4 is 23.3 Å². The minimum absolute atomic E-state index is 0.125. The van der Waals surface area contributed by atoms with E-state index in [1.807, 2.05) is 6.07 Å². The molecule has 3 amide bonds. The maximum atomic E-state index is 12.2. The highest BCUT2D eigenvalue weighted by atomic mass is 16.2. The summed E-state index contributed by atoms with van der Waals surface area (Å²) >= 11 is 0. The Morgan fingerprint density at radius 2 is 1.83 bits per heavy atom. The topological polar surface area (TPSA) is 85.2 Å². The van der Waals surface area contributed by atoms with E-state index in [0.29, 0.717) is 29.9 Å². The van der Waals surface area contributed by atoms with Gasteiger partial charge in [0.1, 0.15) is 0 Å². The molecule has 2 aromatic rings. The van der Waals surface area contributed by atoms with Crippen molar-refractivity contribution in [1.29, 1.82) is 5.26 Å². The summed E-state index contributed by atoms with van der Waals surface area (Å²) in [7, 11) is 0. The van der Waals surface area contributed by atoms with Gasteiger partial charge in [0.2, 0.25) is 0 Å². The number of nitrogens with one attached hydrogen (secondary N) is 2. The molecular weight excluding hydrogens is 292 g/mol. The summed E-state index contributed by atoms with van der Waals surface area (Å²) < 4.78 is 0. The van der Waals surface area contributed by atoms with E-state index in [0.717, 1.165) is 5.69 Å².